The second kappa shape index (κ2) is 9.43. The van der Waals surface area contributed by atoms with E-state index in [4.69, 9.17) is 17.0 Å². The number of nitrogens with zero attached hydrogens (tertiary/aromatic N) is 3. The molecule has 2 N–H and O–H groups in total. The molecule has 0 saturated heterocycles. The van der Waals surface area contributed by atoms with Gasteiger partial charge in [-0.2, -0.15) is 0 Å². The summed E-state index contributed by atoms with van der Waals surface area (Å²) in [5.74, 6) is -0.530. The van der Waals surface area contributed by atoms with Crippen molar-refractivity contribution in [3.63, 3.8) is 0 Å². The van der Waals surface area contributed by atoms with Gasteiger partial charge in [0.05, 0.1) is 11.9 Å². The number of carbonyl (C=O) groups excluding carboxylic acids is 2. The minimum atomic E-state index is -0.898. The highest BCUT2D eigenvalue weighted by molar-refractivity contribution is 6.67. The van der Waals surface area contributed by atoms with Crippen LogP contribution in [0.5, 0.6) is 0 Å². The van der Waals surface area contributed by atoms with Gasteiger partial charge in [-0.05, 0) is 31.2 Å². The van der Waals surface area contributed by atoms with Gasteiger partial charge in [-0.15, -0.1) is 0 Å². The zero-order valence-electron chi connectivity index (χ0n) is 14.1. The van der Waals surface area contributed by atoms with Crippen LogP contribution in [0.4, 0.5) is 10.5 Å². The molecule has 0 radical (unpaired) electrons. The van der Waals surface area contributed by atoms with E-state index in [-0.39, 0.29) is 11.7 Å². The highest BCUT2D eigenvalue weighted by Gasteiger charge is 2.25. The van der Waals surface area contributed by atoms with Crippen molar-refractivity contribution in [3.8, 4) is 0 Å². The molecule has 2 rings (SSSR count). The van der Waals surface area contributed by atoms with Gasteiger partial charge in [0.1, 0.15) is 11.2 Å². The molecule has 3 amide bonds. The van der Waals surface area contributed by atoms with Crippen LogP contribution < -0.4 is 5.32 Å². The fourth-order valence-electron chi connectivity index (χ4n) is 2.17. The van der Waals surface area contributed by atoms with Crippen LogP contribution >= 0.6 is 11.6 Å². The number of benzene rings is 1. The van der Waals surface area contributed by atoms with E-state index < -0.39 is 18.0 Å². The van der Waals surface area contributed by atoms with Crippen LogP contribution in [0.2, 0.25) is 0 Å². The summed E-state index contributed by atoms with van der Waals surface area (Å²) in [5, 5.41) is 9.75. The van der Waals surface area contributed by atoms with E-state index in [0.717, 1.165) is 0 Å². The largest absolute Gasteiger partial charge is 0.325 e. The highest BCUT2D eigenvalue weighted by atomic mass is 35.5. The fourth-order valence-corrected chi connectivity index (χ4v) is 2.34. The van der Waals surface area contributed by atoms with E-state index in [2.05, 4.69) is 15.3 Å². The molecule has 1 aromatic carbocycles. The van der Waals surface area contributed by atoms with Crippen LogP contribution in [0, 0.1) is 5.41 Å². The molecule has 26 heavy (non-hydrogen) atoms. The van der Waals surface area contributed by atoms with Gasteiger partial charge in [-0.25, -0.2) is 4.79 Å². The molecule has 0 aliphatic rings. The van der Waals surface area contributed by atoms with Gasteiger partial charge in [0, 0.05) is 24.5 Å². The molecule has 1 atom stereocenters. The minimum absolute atomic E-state index is 0.229. The number of hydrogen-bond acceptors (Lipinski definition) is 5. The summed E-state index contributed by atoms with van der Waals surface area (Å²) in [7, 11) is 0. The molecule has 1 unspecified atom stereocenters. The summed E-state index contributed by atoms with van der Waals surface area (Å²) in [6.07, 6.45) is 4.53. The molecule has 7 nitrogen and oxygen atoms in total. The quantitative estimate of drug-likeness (QED) is 0.762. The minimum Gasteiger partial charge on any atom is -0.310 e. The molecule has 0 aliphatic carbocycles. The molecule has 0 fully saturated rings. The smallest absolute Gasteiger partial charge is 0.310 e. The maximum absolute atomic E-state index is 12.5. The molecular formula is C18H18ClN5O2. The van der Waals surface area contributed by atoms with E-state index in [1.807, 2.05) is 0 Å². The number of aliphatic imine (C=N–C) groups is 1. The Hall–Kier alpha value is -3.06. The fraction of sp³-hybridized carbons (Fsp3) is 0.167. The second-order valence-corrected chi connectivity index (χ2v) is 5.60. The van der Waals surface area contributed by atoms with Crippen molar-refractivity contribution in [2.45, 2.75) is 13.0 Å². The van der Waals surface area contributed by atoms with Crippen molar-refractivity contribution in [2.24, 2.45) is 4.99 Å². The van der Waals surface area contributed by atoms with E-state index in [1.54, 1.807) is 61.8 Å². The van der Waals surface area contributed by atoms with E-state index >= 15 is 0 Å². The van der Waals surface area contributed by atoms with Gasteiger partial charge in [0.2, 0.25) is 0 Å². The van der Waals surface area contributed by atoms with E-state index in [9.17, 15) is 9.59 Å². The van der Waals surface area contributed by atoms with Crippen LogP contribution in [-0.2, 0) is 0 Å². The Labute approximate surface area is 156 Å². The third-order valence-corrected chi connectivity index (χ3v) is 3.69. The summed E-state index contributed by atoms with van der Waals surface area (Å²) >= 11 is 5.85. The average Bonchev–Trinajstić information content (AvgIpc) is 2.66. The lowest BCUT2D eigenvalue weighted by atomic mass is 10.2. The van der Waals surface area contributed by atoms with Gasteiger partial charge in [-0.1, -0.05) is 29.8 Å². The predicted octanol–water partition coefficient (Wildman–Crippen LogP) is 3.24. The Balaban J connectivity index is 2.14. The van der Waals surface area contributed by atoms with E-state index in [0.29, 0.717) is 11.3 Å². The summed E-state index contributed by atoms with van der Waals surface area (Å²) in [6.45, 7) is 1.95. The van der Waals surface area contributed by atoms with Crippen molar-refractivity contribution in [1.82, 2.24) is 15.2 Å². The highest BCUT2D eigenvalue weighted by Crippen LogP contribution is 2.10. The van der Waals surface area contributed by atoms with Gasteiger partial charge >= 0.3 is 6.03 Å². The van der Waals surface area contributed by atoms with Gasteiger partial charge in [-0.3, -0.25) is 25.5 Å². The molecular weight excluding hydrogens is 354 g/mol. The molecule has 0 saturated carbocycles. The lowest BCUT2D eigenvalue weighted by Crippen LogP contribution is -2.50. The number of aromatic nitrogens is 1. The number of hydrogen-bond donors (Lipinski definition) is 2. The number of pyridine rings is 1. The number of nitrogens with one attached hydrogen (secondary N) is 2. The van der Waals surface area contributed by atoms with Crippen molar-refractivity contribution < 1.29 is 9.59 Å². The summed E-state index contributed by atoms with van der Waals surface area (Å²) in [4.78, 5) is 34.0. The predicted molar refractivity (Wildman–Crippen MR) is 101 cm³/mol. The van der Waals surface area contributed by atoms with Gasteiger partial charge < -0.3 is 4.90 Å². The molecule has 1 aromatic heterocycles. The SMILES string of the molecule is CCN(C(=O)NC(=O)c1ccccc1)C(C=Nc1cccnc1)C(=N)Cl. The van der Waals surface area contributed by atoms with Gasteiger partial charge in [0.25, 0.3) is 5.91 Å². The Morgan fingerprint density at radius 2 is 2.04 bits per heavy atom. The summed E-state index contributed by atoms with van der Waals surface area (Å²) in [5.41, 5.74) is 0.922. The first kappa shape index (κ1) is 19.3. The monoisotopic (exact) mass is 371 g/mol. The second-order valence-electron chi connectivity index (χ2n) is 5.19. The van der Waals surface area contributed by atoms with Gasteiger partial charge in [0.15, 0.2) is 0 Å². The maximum atomic E-state index is 12.5. The normalized spacial score (nSPS) is 11.8. The average molecular weight is 372 g/mol. The third kappa shape index (κ3) is 5.22. The Kier molecular flexibility index (Phi) is 6.99. The molecule has 134 valence electrons. The van der Waals surface area contributed by atoms with Crippen molar-refractivity contribution >= 4 is 40.6 Å². The molecule has 1 heterocycles. The van der Waals surface area contributed by atoms with Crippen molar-refractivity contribution in [1.29, 1.82) is 5.41 Å². The number of rotatable bonds is 6. The molecule has 0 bridgehead atoms. The number of imide groups is 1. The molecule has 2 aromatic rings. The zero-order chi connectivity index (χ0) is 18.9. The van der Waals surface area contributed by atoms with Crippen LogP contribution in [0.15, 0.2) is 59.9 Å². The topological polar surface area (TPSA) is 98.5 Å². The number of halogens is 1. The standard InChI is InChI=1S/C18H18ClN5O2/c1-2-24(18(26)23-17(25)13-7-4-3-5-8-13)15(16(19)20)12-22-14-9-6-10-21-11-14/h3-12,15,20H,2H2,1H3,(H,23,25,26). The van der Waals surface area contributed by atoms with E-state index in [1.165, 1.54) is 11.1 Å². The number of amides is 3. The molecule has 0 aliphatic heterocycles. The lowest BCUT2D eigenvalue weighted by Gasteiger charge is -2.26. The Morgan fingerprint density at radius 3 is 2.62 bits per heavy atom. The zero-order valence-corrected chi connectivity index (χ0v) is 14.8. The third-order valence-electron chi connectivity index (χ3n) is 3.46. The van der Waals surface area contributed by atoms with Crippen LogP contribution in [-0.4, -0.2) is 45.8 Å². The number of urea groups is 1. The first-order valence-corrected chi connectivity index (χ1v) is 8.26. The van der Waals surface area contributed by atoms with Crippen molar-refractivity contribution in [2.75, 3.05) is 6.54 Å². The summed E-state index contributed by atoms with van der Waals surface area (Å²) < 4.78 is 0. The van der Waals surface area contributed by atoms with Crippen LogP contribution in [0.25, 0.3) is 0 Å². The Bertz CT molecular complexity index is 796. The molecule has 8 heteroatoms. The van der Waals surface area contributed by atoms with Crippen LogP contribution in [0.3, 0.4) is 0 Å². The lowest BCUT2D eigenvalue weighted by molar-refractivity contribution is 0.0952. The first-order valence-electron chi connectivity index (χ1n) is 7.88. The maximum Gasteiger partial charge on any atom is 0.325 e. The first-order chi connectivity index (χ1) is 12.5. The Morgan fingerprint density at radius 1 is 1.31 bits per heavy atom. The van der Waals surface area contributed by atoms with Crippen LogP contribution in [0.1, 0.15) is 17.3 Å². The number of carbonyl (C=O) groups is 2. The molecule has 0 spiro atoms. The summed E-state index contributed by atoms with van der Waals surface area (Å²) in [6, 6.07) is 10.3. The van der Waals surface area contributed by atoms with Crippen molar-refractivity contribution in [3.05, 3.63) is 60.4 Å².